The van der Waals surface area contributed by atoms with Crippen molar-refractivity contribution in [2.45, 2.75) is 4.90 Å². The average Bonchev–Trinajstić information content (AvgIpc) is 2.65. The Kier molecular flexibility index (Phi) is 5.79. The third-order valence-corrected chi connectivity index (χ3v) is 4.71. The summed E-state index contributed by atoms with van der Waals surface area (Å²) in [7, 11) is 0. The number of pyridine rings is 1. The number of carbonyl (C=O) groups excluding carboxylic acids is 1. The molecule has 1 amide bonds. The van der Waals surface area contributed by atoms with Crippen LogP contribution in [0.4, 0.5) is 0 Å². The lowest BCUT2D eigenvalue weighted by molar-refractivity contribution is 0.0947. The zero-order valence-electron chi connectivity index (χ0n) is 13.7. The summed E-state index contributed by atoms with van der Waals surface area (Å²) in [5, 5.41) is 4.29. The van der Waals surface area contributed by atoms with Crippen LogP contribution in [-0.4, -0.2) is 30.3 Å². The molecule has 0 fully saturated rings. The van der Waals surface area contributed by atoms with Crippen molar-refractivity contribution in [1.82, 2.24) is 10.3 Å². The number of para-hydroxylation sites is 1. The first kappa shape index (κ1) is 17.6. The number of benzene rings is 2. The van der Waals surface area contributed by atoms with E-state index in [1.807, 2.05) is 42.7 Å². The number of hydrogen-bond acceptors (Lipinski definition) is 4. The molecule has 128 valence electrons. The normalized spacial score (nSPS) is 10.6. The van der Waals surface area contributed by atoms with Crippen molar-refractivity contribution in [1.29, 1.82) is 0 Å². The molecule has 3 aromatic rings. The number of nitrogens with zero attached hydrogens (tertiary/aromatic N) is 1. The number of ether oxygens (including phenoxy) is 1. The molecule has 6 heteroatoms. The zero-order valence-corrected chi connectivity index (χ0v) is 15.2. The molecule has 1 aromatic heterocycles. The number of nitrogens with one attached hydrogen (secondary N) is 1. The molecule has 0 aliphatic carbocycles. The highest BCUT2D eigenvalue weighted by atomic mass is 35.5. The average molecular weight is 373 g/mol. The van der Waals surface area contributed by atoms with Crippen LogP contribution in [0.25, 0.3) is 10.9 Å². The molecule has 0 aliphatic heterocycles. The van der Waals surface area contributed by atoms with E-state index in [9.17, 15) is 4.79 Å². The Morgan fingerprint density at radius 3 is 2.92 bits per heavy atom. The van der Waals surface area contributed by atoms with Crippen LogP contribution in [0.5, 0.6) is 5.75 Å². The second kappa shape index (κ2) is 8.23. The molecule has 0 saturated carbocycles. The van der Waals surface area contributed by atoms with Gasteiger partial charge < -0.3 is 10.1 Å². The molecule has 0 bridgehead atoms. The second-order valence-corrected chi connectivity index (χ2v) is 6.57. The van der Waals surface area contributed by atoms with E-state index in [2.05, 4.69) is 10.3 Å². The van der Waals surface area contributed by atoms with Crippen molar-refractivity contribution in [3.05, 3.63) is 65.3 Å². The minimum absolute atomic E-state index is 0.208. The fraction of sp³-hybridized carbons (Fsp3) is 0.158. The topological polar surface area (TPSA) is 51.2 Å². The van der Waals surface area contributed by atoms with Crippen LogP contribution in [-0.2, 0) is 0 Å². The lowest BCUT2D eigenvalue weighted by atomic mass is 10.2. The Balaban J connectivity index is 1.59. The van der Waals surface area contributed by atoms with Crippen LogP contribution in [0.2, 0.25) is 5.02 Å². The Morgan fingerprint density at radius 2 is 2.08 bits per heavy atom. The Labute approximate surface area is 155 Å². The molecule has 0 aliphatic rings. The lowest BCUT2D eigenvalue weighted by Crippen LogP contribution is -2.28. The summed E-state index contributed by atoms with van der Waals surface area (Å²) in [5.74, 6) is 0.496. The van der Waals surface area contributed by atoms with Gasteiger partial charge in [-0.1, -0.05) is 29.8 Å². The first-order valence-corrected chi connectivity index (χ1v) is 9.37. The number of thioether (sulfide) groups is 1. The summed E-state index contributed by atoms with van der Waals surface area (Å²) in [4.78, 5) is 17.6. The van der Waals surface area contributed by atoms with Crippen LogP contribution < -0.4 is 10.1 Å². The van der Waals surface area contributed by atoms with Crippen LogP contribution >= 0.6 is 23.4 Å². The number of rotatable bonds is 6. The lowest BCUT2D eigenvalue weighted by Gasteiger charge is -2.10. The van der Waals surface area contributed by atoms with Gasteiger partial charge in [-0.2, -0.15) is 0 Å². The number of halogens is 1. The maximum Gasteiger partial charge on any atom is 0.252 e. The van der Waals surface area contributed by atoms with Gasteiger partial charge in [0.2, 0.25) is 0 Å². The highest BCUT2D eigenvalue weighted by Crippen LogP contribution is 2.24. The molecule has 0 unspecified atom stereocenters. The molecule has 0 radical (unpaired) electrons. The maximum atomic E-state index is 12.3. The first-order valence-electron chi connectivity index (χ1n) is 7.77. The fourth-order valence-electron chi connectivity index (χ4n) is 2.42. The summed E-state index contributed by atoms with van der Waals surface area (Å²) in [6, 6.07) is 15.1. The zero-order chi connectivity index (χ0) is 17.6. The Bertz CT molecular complexity index is 896. The predicted octanol–water partition coefficient (Wildman–Crippen LogP) is 4.42. The summed E-state index contributed by atoms with van der Waals surface area (Å²) < 4.78 is 5.77. The molecular weight excluding hydrogens is 356 g/mol. The standard InChI is InChI=1S/C19H17ClN2O2S/c1-25-14-7-8-16(20)15(12-14)19(23)22-10-11-24-17-6-2-4-13-5-3-9-21-18(13)17/h2-9,12H,10-11H2,1H3,(H,22,23). The minimum atomic E-state index is -0.208. The molecule has 0 atom stereocenters. The van der Waals surface area contributed by atoms with Gasteiger partial charge in [0.25, 0.3) is 5.91 Å². The second-order valence-electron chi connectivity index (χ2n) is 5.28. The number of hydrogen-bond donors (Lipinski definition) is 1. The van der Waals surface area contributed by atoms with Crippen molar-refractivity contribution in [3.63, 3.8) is 0 Å². The summed E-state index contributed by atoms with van der Waals surface area (Å²) in [5.41, 5.74) is 1.28. The number of carbonyl (C=O) groups is 1. The number of aromatic nitrogens is 1. The molecule has 1 heterocycles. The smallest absolute Gasteiger partial charge is 0.252 e. The van der Waals surface area contributed by atoms with Gasteiger partial charge in [-0.05, 0) is 36.6 Å². The monoisotopic (exact) mass is 372 g/mol. The SMILES string of the molecule is CSc1ccc(Cl)c(C(=O)NCCOc2cccc3cccnc23)c1. The molecule has 1 N–H and O–H groups in total. The van der Waals surface area contributed by atoms with Gasteiger partial charge >= 0.3 is 0 Å². The molecular formula is C19H17ClN2O2S. The van der Waals surface area contributed by atoms with Crippen molar-refractivity contribution in [2.75, 3.05) is 19.4 Å². The summed E-state index contributed by atoms with van der Waals surface area (Å²) >= 11 is 7.68. The van der Waals surface area contributed by atoms with Gasteiger partial charge in [0, 0.05) is 16.5 Å². The van der Waals surface area contributed by atoms with Crippen molar-refractivity contribution in [2.24, 2.45) is 0 Å². The van der Waals surface area contributed by atoms with Gasteiger partial charge in [-0.25, -0.2) is 0 Å². The van der Waals surface area contributed by atoms with Gasteiger partial charge in [-0.3, -0.25) is 9.78 Å². The third-order valence-electron chi connectivity index (χ3n) is 3.66. The van der Waals surface area contributed by atoms with Gasteiger partial charge in [0.05, 0.1) is 17.1 Å². The van der Waals surface area contributed by atoms with Gasteiger partial charge in [0.1, 0.15) is 17.9 Å². The van der Waals surface area contributed by atoms with E-state index < -0.39 is 0 Å². The van der Waals surface area contributed by atoms with E-state index in [4.69, 9.17) is 16.3 Å². The fourth-order valence-corrected chi connectivity index (χ4v) is 3.06. The Hall–Kier alpha value is -2.24. The van der Waals surface area contributed by atoms with E-state index in [1.54, 1.807) is 30.1 Å². The number of fused-ring (bicyclic) bond motifs is 1. The summed E-state index contributed by atoms with van der Waals surface area (Å²) in [6.07, 6.45) is 3.69. The molecule has 3 rings (SSSR count). The van der Waals surface area contributed by atoms with Crippen LogP contribution in [0.1, 0.15) is 10.4 Å². The highest BCUT2D eigenvalue weighted by molar-refractivity contribution is 7.98. The van der Waals surface area contributed by atoms with E-state index >= 15 is 0 Å². The quantitative estimate of drug-likeness (QED) is 0.514. The van der Waals surface area contributed by atoms with Crippen LogP contribution in [0.3, 0.4) is 0 Å². The van der Waals surface area contributed by atoms with Crippen molar-refractivity contribution >= 4 is 40.2 Å². The molecule has 2 aromatic carbocycles. The van der Waals surface area contributed by atoms with Gasteiger partial charge in [-0.15, -0.1) is 11.8 Å². The van der Waals surface area contributed by atoms with E-state index in [0.717, 1.165) is 15.8 Å². The Morgan fingerprint density at radius 1 is 1.24 bits per heavy atom. The van der Waals surface area contributed by atoms with Crippen molar-refractivity contribution < 1.29 is 9.53 Å². The summed E-state index contributed by atoms with van der Waals surface area (Å²) in [6.45, 7) is 0.725. The molecule has 4 nitrogen and oxygen atoms in total. The van der Waals surface area contributed by atoms with Crippen LogP contribution in [0, 0.1) is 0 Å². The molecule has 25 heavy (non-hydrogen) atoms. The third kappa shape index (κ3) is 4.24. The van der Waals surface area contributed by atoms with Crippen LogP contribution in [0.15, 0.2) is 59.6 Å². The first-order chi connectivity index (χ1) is 12.2. The minimum Gasteiger partial charge on any atom is -0.489 e. The largest absolute Gasteiger partial charge is 0.489 e. The van der Waals surface area contributed by atoms with E-state index in [0.29, 0.717) is 29.5 Å². The molecule has 0 saturated heterocycles. The predicted molar refractivity (Wildman–Crippen MR) is 103 cm³/mol. The van der Waals surface area contributed by atoms with Crippen molar-refractivity contribution in [3.8, 4) is 5.75 Å². The maximum absolute atomic E-state index is 12.3. The van der Waals surface area contributed by atoms with E-state index in [1.165, 1.54) is 0 Å². The van der Waals surface area contributed by atoms with E-state index in [-0.39, 0.29) is 5.91 Å². The highest BCUT2D eigenvalue weighted by Gasteiger charge is 2.11. The number of amides is 1. The van der Waals surface area contributed by atoms with Gasteiger partial charge in [0.15, 0.2) is 0 Å². The molecule has 0 spiro atoms.